The molecule has 3 atom stereocenters. The summed E-state index contributed by atoms with van der Waals surface area (Å²) in [6.45, 7) is 2.77. The minimum atomic E-state index is 0.123. The van der Waals surface area contributed by atoms with Crippen molar-refractivity contribution in [2.24, 2.45) is 5.92 Å². The van der Waals surface area contributed by atoms with Crippen LogP contribution in [0.25, 0.3) is 0 Å². The molecule has 1 saturated heterocycles. The van der Waals surface area contributed by atoms with Crippen molar-refractivity contribution in [3.63, 3.8) is 0 Å². The summed E-state index contributed by atoms with van der Waals surface area (Å²) < 4.78 is 5.47. The Bertz CT molecular complexity index is 438. The second-order valence-electron chi connectivity index (χ2n) is 5.24. The minimum absolute atomic E-state index is 0.123. The average molecular weight is 230 g/mol. The monoisotopic (exact) mass is 230 g/mol. The van der Waals surface area contributed by atoms with Crippen LogP contribution in [0.1, 0.15) is 36.8 Å². The smallest absolute Gasteiger partial charge is 0.139 e. The van der Waals surface area contributed by atoms with Gasteiger partial charge in [0.05, 0.1) is 6.10 Å². The van der Waals surface area contributed by atoms with E-state index in [-0.39, 0.29) is 12.0 Å². The molecule has 0 aromatic heterocycles. The first-order valence-electron chi connectivity index (χ1n) is 6.48. The fraction of sp³-hybridized carbons (Fsp3) is 0.533. The highest BCUT2D eigenvalue weighted by molar-refractivity contribution is 5.83. The number of rotatable bonds is 3. The van der Waals surface area contributed by atoms with Gasteiger partial charge in [0.25, 0.3) is 0 Å². The van der Waals surface area contributed by atoms with Gasteiger partial charge in [0.2, 0.25) is 0 Å². The Kier molecular flexibility index (Phi) is 2.75. The molecule has 0 amide bonds. The third kappa shape index (κ3) is 1.91. The molecule has 0 radical (unpaired) electrons. The van der Waals surface area contributed by atoms with Crippen LogP contribution in [0.3, 0.4) is 0 Å². The first kappa shape index (κ1) is 11.0. The molecule has 0 saturated carbocycles. The molecule has 1 aromatic rings. The van der Waals surface area contributed by atoms with Crippen LogP contribution in [-0.2, 0) is 16.0 Å². The van der Waals surface area contributed by atoms with E-state index in [0.29, 0.717) is 18.1 Å². The van der Waals surface area contributed by atoms with Crippen molar-refractivity contribution >= 4 is 5.78 Å². The summed E-state index contributed by atoms with van der Waals surface area (Å²) in [5, 5.41) is 0. The van der Waals surface area contributed by atoms with Crippen molar-refractivity contribution in [2.75, 3.05) is 6.61 Å². The topological polar surface area (TPSA) is 26.3 Å². The number of carbonyl (C=O) groups is 1. The first-order chi connectivity index (χ1) is 8.25. The Morgan fingerprint density at radius 2 is 2.24 bits per heavy atom. The van der Waals surface area contributed by atoms with Gasteiger partial charge in [-0.3, -0.25) is 4.79 Å². The second kappa shape index (κ2) is 4.26. The van der Waals surface area contributed by atoms with Crippen molar-refractivity contribution in [3.8, 4) is 0 Å². The Morgan fingerprint density at radius 1 is 1.41 bits per heavy atom. The average Bonchev–Trinajstić information content (AvgIpc) is 2.72. The molecule has 2 heteroatoms. The SMILES string of the molecule is CC1OCCC1C(=O)CC1Cc2ccccc21. The molecule has 0 N–H and O–H groups in total. The summed E-state index contributed by atoms with van der Waals surface area (Å²) in [4.78, 5) is 12.2. The summed E-state index contributed by atoms with van der Waals surface area (Å²) in [7, 11) is 0. The lowest BCUT2D eigenvalue weighted by Crippen LogP contribution is -2.27. The van der Waals surface area contributed by atoms with E-state index in [0.717, 1.165) is 19.4 Å². The molecule has 3 rings (SSSR count). The molecule has 2 nitrogen and oxygen atoms in total. The van der Waals surface area contributed by atoms with Crippen LogP contribution in [0.2, 0.25) is 0 Å². The number of ketones is 1. The predicted molar refractivity (Wildman–Crippen MR) is 66.0 cm³/mol. The molecule has 1 aliphatic carbocycles. The van der Waals surface area contributed by atoms with Gasteiger partial charge in [0, 0.05) is 18.9 Å². The van der Waals surface area contributed by atoms with Crippen LogP contribution in [0.4, 0.5) is 0 Å². The number of Topliss-reactive ketones (excluding diaryl/α,β-unsaturated/α-hetero) is 1. The van der Waals surface area contributed by atoms with Gasteiger partial charge in [-0.25, -0.2) is 0 Å². The van der Waals surface area contributed by atoms with E-state index in [9.17, 15) is 4.79 Å². The molecule has 17 heavy (non-hydrogen) atoms. The van der Waals surface area contributed by atoms with E-state index in [1.807, 2.05) is 6.92 Å². The third-order valence-corrected chi connectivity index (χ3v) is 4.20. The molecule has 0 bridgehead atoms. The lowest BCUT2D eigenvalue weighted by Gasteiger charge is -2.30. The van der Waals surface area contributed by atoms with E-state index in [4.69, 9.17) is 4.74 Å². The fourth-order valence-electron chi connectivity index (χ4n) is 3.09. The molecule has 1 aliphatic heterocycles. The highest BCUT2D eigenvalue weighted by atomic mass is 16.5. The van der Waals surface area contributed by atoms with E-state index >= 15 is 0 Å². The first-order valence-corrected chi connectivity index (χ1v) is 6.48. The van der Waals surface area contributed by atoms with Gasteiger partial charge < -0.3 is 4.74 Å². The van der Waals surface area contributed by atoms with Gasteiger partial charge >= 0.3 is 0 Å². The number of hydrogen-bond acceptors (Lipinski definition) is 2. The Morgan fingerprint density at radius 3 is 2.94 bits per heavy atom. The maximum Gasteiger partial charge on any atom is 0.139 e. The van der Waals surface area contributed by atoms with Gasteiger partial charge in [0.15, 0.2) is 0 Å². The van der Waals surface area contributed by atoms with Crippen molar-refractivity contribution in [3.05, 3.63) is 35.4 Å². The van der Waals surface area contributed by atoms with E-state index in [2.05, 4.69) is 24.3 Å². The van der Waals surface area contributed by atoms with Gasteiger partial charge in [-0.2, -0.15) is 0 Å². The van der Waals surface area contributed by atoms with Crippen LogP contribution >= 0.6 is 0 Å². The zero-order chi connectivity index (χ0) is 11.8. The molecule has 1 heterocycles. The van der Waals surface area contributed by atoms with Gasteiger partial charge in [-0.1, -0.05) is 24.3 Å². The summed E-state index contributed by atoms with van der Waals surface area (Å²) in [5.74, 6) is 1.00. The van der Waals surface area contributed by atoms with Crippen LogP contribution in [0.15, 0.2) is 24.3 Å². The normalized spacial score (nSPS) is 30.8. The summed E-state index contributed by atoms with van der Waals surface area (Å²) in [6.07, 6.45) is 2.81. The van der Waals surface area contributed by atoms with Crippen molar-refractivity contribution in [1.82, 2.24) is 0 Å². The Labute approximate surface area is 102 Å². The van der Waals surface area contributed by atoms with E-state index < -0.39 is 0 Å². The van der Waals surface area contributed by atoms with Crippen molar-refractivity contribution in [2.45, 2.75) is 38.2 Å². The predicted octanol–water partition coefficient (Wildman–Crippen LogP) is 2.71. The zero-order valence-electron chi connectivity index (χ0n) is 10.2. The number of ether oxygens (including phenoxy) is 1. The summed E-state index contributed by atoms with van der Waals surface area (Å²) in [6, 6.07) is 8.46. The minimum Gasteiger partial charge on any atom is -0.378 e. The van der Waals surface area contributed by atoms with Crippen LogP contribution < -0.4 is 0 Å². The third-order valence-electron chi connectivity index (χ3n) is 4.20. The molecular weight excluding hydrogens is 212 g/mol. The van der Waals surface area contributed by atoms with Gasteiger partial charge in [0.1, 0.15) is 5.78 Å². The van der Waals surface area contributed by atoms with Crippen LogP contribution in [0.5, 0.6) is 0 Å². The van der Waals surface area contributed by atoms with Crippen molar-refractivity contribution < 1.29 is 9.53 Å². The zero-order valence-corrected chi connectivity index (χ0v) is 10.2. The number of benzene rings is 1. The maximum atomic E-state index is 12.2. The summed E-state index contributed by atoms with van der Waals surface area (Å²) in [5.41, 5.74) is 2.80. The van der Waals surface area contributed by atoms with Gasteiger partial charge in [-0.05, 0) is 36.8 Å². The van der Waals surface area contributed by atoms with Crippen LogP contribution in [-0.4, -0.2) is 18.5 Å². The molecule has 3 unspecified atom stereocenters. The van der Waals surface area contributed by atoms with Crippen molar-refractivity contribution in [1.29, 1.82) is 0 Å². The molecule has 1 aromatic carbocycles. The fourth-order valence-corrected chi connectivity index (χ4v) is 3.09. The Hall–Kier alpha value is -1.15. The molecule has 1 fully saturated rings. The lowest BCUT2D eigenvalue weighted by atomic mass is 9.73. The number of carbonyl (C=O) groups excluding carboxylic acids is 1. The van der Waals surface area contributed by atoms with Crippen LogP contribution in [0, 0.1) is 5.92 Å². The summed E-state index contributed by atoms with van der Waals surface area (Å²) >= 11 is 0. The highest BCUT2D eigenvalue weighted by Gasteiger charge is 2.34. The van der Waals surface area contributed by atoms with E-state index in [1.165, 1.54) is 11.1 Å². The number of hydrogen-bond donors (Lipinski definition) is 0. The van der Waals surface area contributed by atoms with E-state index in [1.54, 1.807) is 0 Å². The highest BCUT2D eigenvalue weighted by Crippen LogP contribution is 2.38. The second-order valence-corrected chi connectivity index (χ2v) is 5.24. The molecular formula is C15H18O2. The van der Waals surface area contributed by atoms with Gasteiger partial charge in [-0.15, -0.1) is 0 Å². The molecule has 2 aliphatic rings. The maximum absolute atomic E-state index is 12.2. The lowest BCUT2D eigenvalue weighted by molar-refractivity contribution is -0.124. The quantitative estimate of drug-likeness (QED) is 0.798. The standard InChI is InChI=1S/C15H18O2/c1-10-13(6-7-17-10)15(16)9-12-8-11-4-2-3-5-14(11)12/h2-5,10,12-13H,6-9H2,1H3. The largest absolute Gasteiger partial charge is 0.378 e. The number of fused-ring (bicyclic) bond motifs is 1. The Balaban J connectivity index is 1.64. The molecule has 90 valence electrons. The molecule has 0 spiro atoms.